The lowest BCUT2D eigenvalue weighted by atomic mass is 10.2. The molecule has 0 aliphatic rings. The summed E-state index contributed by atoms with van der Waals surface area (Å²) in [6, 6.07) is 13.4. The fourth-order valence-electron chi connectivity index (χ4n) is 1.68. The smallest absolute Gasteiger partial charge is 0.225 e. The summed E-state index contributed by atoms with van der Waals surface area (Å²) in [7, 11) is 0. The molecule has 2 aromatic rings. The third-order valence-electron chi connectivity index (χ3n) is 2.66. The van der Waals surface area contributed by atoms with Crippen LogP contribution in [0.15, 0.2) is 54.9 Å². The van der Waals surface area contributed by atoms with Gasteiger partial charge < -0.3 is 10.6 Å². The molecule has 0 saturated carbocycles. The van der Waals surface area contributed by atoms with Crippen molar-refractivity contribution in [2.45, 2.75) is 13.0 Å². The molecule has 2 N–H and O–H groups in total. The molecule has 1 aromatic heterocycles. The highest BCUT2D eigenvalue weighted by molar-refractivity contribution is 5.90. The summed E-state index contributed by atoms with van der Waals surface area (Å²) in [6.07, 6.45) is 3.98. The lowest BCUT2D eigenvalue weighted by Gasteiger charge is -2.06. The maximum atomic E-state index is 11.7. The van der Waals surface area contributed by atoms with E-state index in [1.807, 2.05) is 42.5 Å². The molecule has 0 spiro atoms. The molecule has 0 fully saturated rings. The van der Waals surface area contributed by atoms with Gasteiger partial charge in [0.25, 0.3) is 0 Å². The maximum Gasteiger partial charge on any atom is 0.225 e. The fraction of sp³-hybridized carbons (Fsp3) is 0.200. The Hall–Kier alpha value is -2.20. The lowest BCUT2D eigenvalue weighted by Crippen LogP contribution is -2.21. The second-order valence-corrected chi connectivity index (χ2v) is 4.20. The second kappa shape index (κ2) is 7.28. The summed E-state index contributed by atoms with van der Waals surface area (Å²) in [6.45, 7) is 1.40. The molecular weight excluding hydrogens is 238 g/mol. The summed E-state index contributed by atoms with van der Waals surface area (Å²) in [4.78, 5) is 15.6. The van der Waals surface area contributed by atoms with Crippen LogP contribution in [0, 0.1) is 0 Å². The van der Waals surface area contributed by atoms with Crippen molar-refractivity contribution in [2.75, 3.05) is 11.9 Å². The van der Waals surface area contributed by atoms with Crippen LogP contribution in [0.2, 0.25) is 0 Å². The standard InChI is InChI=1S/C15H17N3O/c19-15(18-14-4-2-1-3-5-14)8-11-17-12-13-6-9-16-10-7-13/h1-7,9-10,17H,8,11-12H2,(H,18,19). The van der Waals surface area contributed by atoms with E-state index in [0.29, 0.717) is 13.0 Å². The van der Waals surface area contributed by atoms with E-state index in [2.05, 4.69) is 15.6 Å². The summed E-state index contributed by atoms with van der Waals surface area (Å²) < 4.78 is 0. The SMILES string of the molecule is O=C(CCNCc1ccncc1)Nc1ccccc1. The van der Waals surface area contributed by atoms with Crippen LogP contribution < -0.4 is 10.6 Å². The molecule has 0 aliphatic carbocycles. The molecule has 0 radical (unpaired) electrons. The van der Waals surface area contributed by atoms with E-state index in [-0.39, 0.29) is 5.91 Å². The highest BCUT2D eigenvalue weighted by atomic mass is 16.1. The number of anilines is 1. The number of aromatic nitrogens is 1. The van der Waals surface area contributed by atoms with Crippen LogP contribution in [0.3, 0.4) is 0 Å². The molecule has 1 aromatic carbocycles. The minimum Gasteiger partial charge on any atom is -0.326 e. The zero-order chi connectivity index (χ0) is 13.3. The third kappa shape index (κ3) is 4.89. The van der Waals surface area contributed by atoms with Crippen LogP contribution in [0.4, 0.5) is 5.69 Å². The third-order valence-corrected chi connectivity index (χ3v) is 2.66. The van der Waals surface area contributed by atoms with Crippen LogP contribution in [0.25, 0.3) is 0 Å². The molecule has 4 nitrogen and oxygen atoms in total. The van der Waals surface area contributed by atoms with Crippen LogP contribution in [0.5, 0.6) is 0 Å². The first-order valence-electron chi connectivity index (χ1n) is 6.29. The van der Waals surface area contributed by atoms with Crippen LogP contribution in [0.1, 0.15) is 12.0 Å². The summed E-state index contributed by atoms with van der Waals surface area (Å²) in [5.74, 6) is 0.0217. The van der Waals surface area contributed by atoms with Gasteiger partial charge in [0.2, 0.25) is 5.91 Å². The zero-order valence-corrected chi connectivity index (χ0v) is 10.7. The van der Waals surface area contributed by atoms with Crippen molar-refractivity contribution in [3.05, 3.63) is 60.4 Å². The van der Waals surface area contributed by atoms with Crippen LogP contribution in [-0.2, 0) is 11.3 Å². The average Bonchev–Trinajstić information content (AvgIpc) is 2.46. The maximum absolute atomic E-state index is 11.7. The Morgan fingerprint density at radius 2 is 1.79 bits per heavy atom. The van der Waals surface area contributed by atoms with Gasteiger partial charge in [0.1, 0.15) is 0 Å². The first kappa shape index (κ1) is 13.2. The van der Waals surface area contributed by atoms with E-state index in [9.17, 15) is 4.79 Å². The normalized spacial score (nSPS) is 10.1. The van der Waals surface area contributed by atoms with Gasteiger partial charge in [-0.2, -0.15) is 0 Å². The fourth-order valence-corrected chi connectivity index (χ4v) is 1.68. The molecule has 2 rings (SSSR count). The number of carbonyl (C=O) groups excluding carboxylic acids is 1. The molecule has 4 heteroatoms. The number of nitrogens with one attached hydrogen (secondary N) is 2. The first-order valence-corrected chi connectivity index (χ1v) is 6.29. The highest BCUT2D eigenvalue weighted by Gasteiger charge is 2.01. The van der Waals surface area contributed by atoms with Gasteiger partial charge in [-0.3, -0.25) is 9.78 Å². The van der Waals surface area contributed by atoms with Crippen molar-refractivity contribution < 1.29 is 4.79 Å². The predicted octanol–water partition coefficient (Wildman–Crippen LogP) is 2.20. The summed E-state index contributed by atoms with van der Waals surface area (Å²) in [5, 5.41) is 6.08. The van der Waals surface area contributed by atoms with E-state index in [1.165, 1.54) is 5.56 Å². The number of benzene rings is 1. The number of hydrogen-bond acceptors (Lipinski definition) is 3. The van der Waals surface area contributed by atoms with Gasteiger partial charge in [0, 0.05) is 37.6 Å². The molecule has 1 heterocycles. The molecule has 0 aliphatic heterocycles. The van der Waals surface area contributed by atoms with E-state index < -0.39 is 0 Å². The molecule has 0 saturated heterocycles. The Kier molecular flexibility index (Phi) is 5.07. The van der Waals surface area contributed by atoms with Gasteiger partial charge in [-0.25, -0.2) is 0 Å². The van der Waals surface area contributed by atoms with Crippen molar-refractivity contribution in [3.8, 4) is 0 Å². The van der Waals surface area contributed by atoms with Gasteiger partial charge in [0.05, 0.1) is 0 Å². The zero-order valence-electron chi connectivity index (χ0n) is 10.7. The molecule has 0 unspecified atom stereocenters. The second-order valence-electron chi connectivity index (χ2n) is 4.20. The summed E-state index contributed by atoms with van der Waals surface area (Å²) in [5.41, 5.74) is 2.00. The van der Waals surface area contributed by atoms with Gasteiger partial charge in [-0.05, 0) is 29.8 Å². The number of carbonyl (C=O) groups is 1. The van der Waals surface area contributed by atoms with Gasteiger partial charge >= 0.3 is 0 Å². The largest absolute Gasteiger partial charge is 0.326 e. The number of pyridine rings is 1. The Morgan fingerprint density at radius 1 is 1.05 bits per heavy atom. The Labute approximate surface area is 112 Å². The minimum atomic E-state index is 0.0217. The Morgan fingerprint density at radius 3 is 2.53 bits per heavy atom. The lowest BCUT2D eigenvalue weighted by molar-refractivity contribution is -0.116. The van der Waals surface area contributed by atoms with Crippen molar-refractivity contribution in [1.82, 2.24) is 10.3 Å². The van der Waals surface area contributed by atoms with Crippen molar-refractivity contribution in [3.63, 3.8) is 0 Å². The van der Waals surface area contributed by atoms with Gasteiger partial charge in [-0.15, -0.1) is 0 Å². The van der Waals surface area contributed by atoms with Crippen molar-refractivity contribution in [2.24, 2.45) is 0 Å². The number of amides is 1. The van der Waals surface area contributed by atoms with Crippen molar-refractivity contribution in [1.29, 1.82) is 0 Å². The topological polar surface area (TPSA) is 54.0 Å². The monoisotopic (exact) mass is 255 g/mol. The molecule has 0 atom stereocenters. The first-order chi connectivity index (χ1) is 9.34. The number of hydrogen-bond donors (Lipinski definition) is 2. The summed E-state index contributed by atoms with van der Waals surface area (Å²) >= 11 is 0. The quantitative estimate of drug-likeness (QED) is 0.778. The van der Waals surface area contributed by atoms with Crippen LogP contribution in [-0.4, -0.2) is 17.4 Å². The molecule has 19 heavy (non-hydrogen) atoms. The minimum absolute atomic E-state index is 0.0217. The molecule has 1 amide bonds. The molecular formula is C15H17N3O. The van der Waals surface area contributed by atoms with E-state index >= 15 is 0 Å². The Bertz CT molecular complexity index is 499. The number of rotatable bonds is 6. The van der Waals surface area contributed by atoms with Gasteiger partial charge in [0.15, 0.2) is 0 Å². The average molecular weight is 255 g/mol. The van der Waals surface area contributed by atoms with E-state index in [0.717, 1.165) is 12.2 Å². The Balaban J connectivity index is 1.65. The van der Waals surface area contributed by atoms with E-state index in [4.69, 9.17) is 0 Å². The highest BCUT2D eigenvalue weighted by Crippen LogP contribution is 2.05. The number of para-hydroxylation sites is 1. The van der Waals surface area contributed by atoms with Gasteiger partial charge in [-0.1, -0.05) is 18.2 Å². The number of nitrogens with zero attached hydrogens (tertiary/aromatic N) is 1. The predicted molar refractivity (Wildman–Crippen MR) is 75.6 cm³/mol. The molecule has 98 valence electrons. The molecule has 0 bridgehead atoms. The van der Waals surface area contributed by atoms with Crippen LogP contribution >= 0.6 is 0 Å². The van der Waals surface area contributed by atoms with Crippen molar-refractivity contribution >= 4 is 11.6 Å². The van der Waals surface area contributed by atoms with E-state index in [1.54, 1.807) is 12.4 Å².